The zero-order valence-electron chi connectivity index (χ0n) is 7.91. The molecule has 1 unspecified atom stereocenters. The molecule has 66 valence electrons. The Hall–Kier alpha value is -0.0800. The van der Waals surface area contributed by atoms with Crippen LogP contribution in [0, 0.1) is 5.41 Å². The summed E-state index contributed by atoms with van der Waals surface area (Å²) in [7, 11) is 4.12. The number of rotatable bonds is 5. The second-order valence-electron chi connectivity index (χ2n) is 3.64. The molecule has 11 heavy (non-hydrogen) atoms. The van der Waals surface area contributed by atoms with Gasteiger partial charge >= 0.3 is 0 Å². The van der Waals surface area contributed by atoms with Crippen LogP contribution in [-0.4, -0.2) is 26.7 Å². The number of hydrogen-bond acceptors (Lipinski definition) is 2. The van der Waals surface area contributed by atoms with Gasteiger partial charge in [0, 0.05) is 12.6 Å². The first-order chi connectivity index (χ1) is 5.29. The van der Waals surface area contributed by atoms with Gasteiger partial charge in [0.25, 0.3) is 0 Å². The summed E-state index contributed by atoms with van der Waals surface area (Å²) in [5, 5.41) is 6.68. The molecule has 1 aliphatic carbocycles. The highest BCUT2D eigenvalue weighted by Crippen LogP contribution is 2.48. The number of nitrogens with one attached hydrogen (secondary N) is 2. The zero-order valence-corrected chi connectivity index (χ0v) is 7.91. The summed E-state index contributed by atoms with van der Waals surface area (Å²) in [6.07, 6.45) is 4.04. The number of hydrogen-bond donors (Lipinski definition) is 2. The Morgan fingerprint density at radius 1 is 1.36 bits per heavy atom. The fourth-order valence-corrected chi connectivity index (χ4v) is 2.10. The van der Waals surface area contributed by atoms with Crippen molar-refractivity contribution in [1.29, 1.82) is 0 Å². The molecule has 0 radical (unpaired) electrons. The van der Waals surface area contributed by atoms with Crippen molar-refractivity contribution in [3.05, 3.63) is 0 Å². The first kappa shape index (κ1) is 9.01. The van der Waals surface area contributed by atoms with E-state index in [4.69, 9.17) is 0 Å². The normalized spacial score (nSPS) is 23.2. The zero-order chi connectivity index (χ0) is 8.32. The molecule has 0 aromatic carbocycles. The van der Waals surface area contributed by atoms with Crippen LogP contribution < -0.4 is 10.6 Å². The van der Waals surface area contributed by atoms with Gasteiger partial charge in [-0.3, -0.25) is 0 Å². The van der Waals surface area contributed by atoms with Gasteiger partial charge in [0.1, 0.15) is 0 Å². The van der Waals surface area contributed by atoms with Crippen LogP contribution in [0.4, 0.5) is 0 Å². The van der Waals surface area contributed by atoms with Crippen LogP contribution in [0.1, 0.15) is 26.2 Å². The molecule has 0 heterocycles. The van der Waals surface area contributed by atoms with Crippen LogP contribution in [0.25, 0.3) is 0 Å². The molecule has 1 atom stereocenters. The molecule has 0 bridgehead atoms. The van der Waals surface area contributed by atoms with Gasteiger partial charge in [-0.05, 0) is 38.8 Å². The van der Waals surface area contributed by atoms with Crippen molar-refractivity contribution < 1.29 is 0 Å². The molecule has 2 nitrogen and oxygen atoms in total. The molecule has 1 rings (SSSR count). The molecule has 0 aliphatic heterocycles. The summed E-state index contributed by atoms with van der Waals surface area (Å²) in [6.45, 7) is 3.43. The third-order valence-electron chi connectivity index (χ3n) is 2.92. The average molecular weight is 156 g/mol. The molecule has 1 fully saturated rings. The highest BCUT2D eigenvalue weighted by atomic mass is 15.0. The predicted molar refractivity (Wildman–Crippen MR) is 48.7 cm³/mol. The minimum atomic E-state index is 0.595. The van der Waals surface area contributed by atoms with Crippen molar-refractivity contribution in [1.82, 2.24) is 10.6 Å². The van der Waals surface area contributed by atoms with Gasteiger partial charge in [0.05, 0.1) is 0 Å². The summed E-state index contributed by atoms with van der Waals surface area (Å²) >= 11 is 0. The van der Waals surface area contributed by atoms with E-state index in [0.717, 1.165) is 6.04 Å². The lowest BCUT2D eigenvalue weighted by Gasteiger charge is -2.25. The minimum absolute atomic E-state index is 0.595. The van der Waals surface area contributed by atoms with Crippen molar-refractivity contribution in [3.8, 4) is 0 Å². The summed E-state index contributed by atoms with van der Waals surface area (Å²) in [6, 6.07) is 0.718. The second kappa shape index (κ2) is 3.55. The van der Waals surface area contributed by atoms with E-state index in [9.17, 15) is 0 Å². The first-order valence-electron chi connectivity index (χ1n) is 4.61. The van der Waals surface area contributed by atoms with Crippen LogP contribution >= 0.6 is 0 Å². The monoisotopic (exact) mass is 156 g/mol. The molecule has 2 N–H and O–H groups in total. The molecule has 0 aromatic rings. The van der Waals surface area contributed by atoms with Gasteiger partial charge < -0.3 is 10.6 Å². The lowest BCUT2D eigenvalue weighted by molar-refractivity contribution is 0.331. The highest BCUT2D eigenvalue weighted by molar-refractivity contribution is 5.02. The molecule has 1 aliphatic rings. The van der Waals surface area contributed by atoms with Gasteiger partial charge in [0.2, 0.25) is 0 Å². The smallest absolute Gasteiger partial charge is 0.0130 e. The van der Waals surface area contributed by atoms with Crippen molar-refractivity contribution >= 4 is 0 Å². The van der Waals surface area contributed by atoms with Crippen molar-refractivity contribution in [3.63, 3.8) is 0 Å². The van der Waals surface area contributed by atoms with Gasteiger partial charge in [-0.1, -0.05) is 6.92 Å². The van der Waals surface area contributed by atoms with E-state index in [1.165, 1.54) is 25.8 Å². The maximum Gasteiger partial charge on any atom is 0.0130 e. The van der Waals surface area contributed by atoms with Gasteiger partial charge in [-0.2, -0.15) is 0 Å². The summed E-state index contributed by atoms with van der Waals surface area (Å²) in [5.41, 5.74) is 0.595. The Balaban J connectivity index is 2.41. The largest absolute Gasteiger partial charge is 0.319 e. The van der Waals surface area contributed by atoms with Crippen molar-refractivity contribution in [2.75, 3.05) is 20.6 Å². The van der Waals surface area contributed by atoms with Crippen LogP contribution in [0.2, 0.25) is 0 Å². The fourth-order valence-electron chi connectivity index (χ4n) is 2.10. The SMILES string of the molecule is CCC(NC)C1(CNC)CC1. The predicted octanol–water partition coefficient (Wildman–Crippen LogP) is 0.984. The van der Waals surface area contributed by atoms with Crippen molar-refractivity contribution in [2.24, 2.45) is 5.41 Å². The molecular weight excluding hydrogens is 136 g/mol. The third kappa shape index (κ3) is 1.74. The first-order valence-corrected chi connectivity index (χ1v) is 4.61. The highest BCUT2D eigenvalue weighted by Gasteiger charge is 2.47. The Bertz CT molecular complexity index is 115. The maximum absolute atomic E-state index is 3.40. The Morgan fingerprint density at radius 3 is 2.27 bits per heavy atom. The molecular formula is C9H20N2. The summed E-state index contributed by atoms with van der Waals surface area (Å²) < 4.78 is 0. The van der Waals surface area contributed by atoms with Gasteiger partial charge in [0.15, 0.2) is 0 Å². The quantitative estimate of drug-likeness (QED) is 0.620. The van der Waals surface area contributed by atoms with Crippen LogP contribution in [-0.2, 0) is 0 Å². The molecule has 0 saturated heterocycles. The van der Waals surface area contributed by atoms with E-state index >= 15 is 0 Å². The molecule has 1 saturated carbocycles. The molecule has 0 amide bonds. The summed E-state index contributed by atoms with van der Waals surface area (Å²) in [5.74, 6) is 0. The third-order valence-corrected chi connectivity index (χ3v) is 2.92. The van der Waals surface area contributed by atoms with Crippen LogP contribution in [0.15, 0.2) is 0 Å². The minimum Gasteiger partial charge on any atom is -0.319 e. The lowest BCUT2D eigenvalue weighted by Crippen LogP contribution is -2.39. The Labute approximate surface area is 69.8 Å². The topological polar surface area (TPSA) is 24.1 Å². The van der Waals surface area contributed by atoms with E-state index in [0.29, 0.717) is 5.41 Å². The Kier molecular flexibility index (Phi) is 2.90. The van der Waals surface area contributed by atoms with E-state index in [2.05, 4.69) is 24.6 Å². The molecule has 2 heteroatoms. The van der Waals surface area contributed by atoms with Gasteiger partial charge in [-0.25, -0.2) is 0 Å². The van der Waals surface area contributed by atoms with Crippen molar-refractivity contribution in [2.45, 2.75) is 32.2 Å². The molecule has 0 spiro atoms. The summed E-state index contributed by atoms with van der Waals surface area (Å²) in [4.78, 5) is 0. The second-order valence-corrected chi connectivity index (χ2v) is 3.64. The average Bonchev–Trinajstić information content (AvgIpc) is 2.73. The van der Waals surface area contributed by atoms with E-state index in [1.807, 2.05) is 7.05 Å². The standard InChI is InChI=1S/C9H20N2/c1-4-8(11-3)9(5-6-9)7-10-2/h8,10-11H,4-7H2,1-3H3. The van der Waals surface area contributed by atoms with Crippen LogP contribution in [0.5, 0.6) is 0 Å². The Morgan fingerprint density at radius 2 is 2.00 bits per heavy atom. The molecule has 0 aromatic heterocycles. The van der Waals surface area contributed by atoms with Gasteiger partial charge in [-0.15, -0.1) is 0 Å². The lowest BCUT2D eigenvalue weighted by atomic mass is 9.94. The fraction of sp³-hybridized carbons (Fsp3) is 1.00. The van der Waals surface area contributed by atoms with E-state index in [1.54, 1.807) is 0 Å². The van der Waals surface area contributed by atoms with E-state index in [-0.39, 0.29) is 0 Å². The van der Waals surface area contributed by atoms with Crippen LogP contribution in [0.3, 0.4) is 0 Å². The maximum atomic E-state index is 3.40. The van der Waals surface area contributed by atoms with E-state index < -0.39 is 0 Å².